The molecule has 0 unspecified atom stereocenters. The van der Waals surface area contributed by atoms with Crippen molar-refractivity contribution in [2.75, 3.05) is 7.05 Å². The van der Waals surface area contributed by atoms with Crippen molar-refractivity contribution in [3.05, 3.63) is 12.2 Å². The summed E-state index contributed by atoms with van der Waals surface area (Å²) in [4.78, 5) is 10.2. The van der Waals surface area contributed by atoms with E-state index in [9.17, 15) is 4.79 Å². The number of carbonyl (C=O) groups excluding carboxylic acids is 1. The van der Waals surface area contributed by atoms with Gasteiger partial charge in [-0.1, -0.05) is 6.08 Å². The van der Waals surface area contributed by atoms with Gasteiger partial charge in [0.05, 0.1) is 0 Å². The standard InChI is InChI=1S/C5H9NO/c1-3-4-5(7)6-2/h3-4H,1-2H3,(H,6,7)/b4-3+. The fraction of sp³-hybridized carbons (Fsp3) is 0.400. The molecule has 1 amide bonds. The van der Waals surface area contributed by atoms with Gasteiger partial charge in [-0.3, -0.25) is 4.79 Å². The molecule has 0 bridgehead atoms. The second-order valence-electron chi connectivity index (χ2n) is 1.11. The highest BCUT2D eigenvalue weighted by Gasteiger charge is 1.81. The second-order valence-corrected chi connectivity index (χ2v) is 1.11. The van der Waals surface area contributed by atoms with Crippen LogP contribution in [0.5, 0.6) is 0 Å². The topological polar surface area (TPSA) is 29.1 Å². The summed E-state index contributed by atoms with van der Waals surface area (Å²) >= 11 is 0. The lowest BCUT2D eigenvalue weighted by Crippen LogP contribution is -2.13. The van der Waals surface area contributed by atoms with E-state index < -0.39 is 0 Å². The van der Waals surface area contributed by atoms with E-state index in [1.165, 1.54) is 6.08 Å². The minimum atomic E-state index is -0.0532. The molecule has 0 saturated heterocycles. The minimum Gasteiger partial charge on any atom is -0.356 e. The van der Waals surface area contributed by atoms with Crippen molar-refractivity contribution in [1.82, 2.24) is 5.32 Å². The van der Waals surface area contributed by atoms with Crippen molar-refractivity contribution >= 4 is 5.91 Å². The summed E-state index contributed by atoms with van der Waals surface area (Å²) in [6, 6.07) is 0. The molecule has 0 aliphatic rings. The van der Waals surface area contributed by atoms with Crippen molar-refractivity contribution in [3.63, 3.8) is 0 Å². The SMILES string of the molecule is C/C=C/C(=O)NC. The van der Waals surface area contributed by atoms with Gasteiger partial charge in [0.2, 0.25) is 5.91 Å². The Morgan fingerprint density at radius 1 is 1.71 bits per heavy atom. The zero-order chi connectivity index (χ0) is 5.70. The van der Waals surface area contributed by atoms with Gasteiger partial charge in [-0.15, -0.1) is 0 Å². The van der Waals surface area contributed by atoms with Gasteiger partial charge in [0.25, 0.3) is 0 Å². The Bertz CT molecular complexity index is 86.1. The molecule has 0 rings (SSSR count). The molecule has 7 heavy (non-hydrogen) atoms. The Kier molecular flexibility index (Phi) is 3.02. The number of rotatable bonds is 1. The Morgan fingerprint density at radius 3 is 2.43 bits per heavy atom. The first kappa shape index (κ1) is 6.21. The molecule has 0 aliphatic carbocycles. The summed E-state index contributed by atoms with van der Waals surface area (Å²) in [7, 11) is 1.60. The average Bonchev–Trinajstić information content (AvgIpc) is 1.68. The maximum atomic E-state index is 10.2. The summed E-state index contributed by atoms with van der Waals surface area (Å²) in [5.41, 5.74) is 0. The maximum Gasteiger partial charge on any atom is 0.243 e. The molecule has 40 valence electrons. The molecule has 0 fully saturated rings. The summed E-state index contributed by atoms with van der Waals surface area (Å²) in [6.45, 7) is 1.80. The number of nitrogens with one attached hydrogen (secondary N) is 1. The van der Waals surface area contributed by atoms with E-state index in [1.54, 1.807) is 20.0 Å². The molecule has 0 atom stereocenters. The smallest absolute Gasteiger partial charge is 0.243 e. The summed E-state index contributed by atoms with van der Waals surface area (Å²) in [5.74, 6) is -0.0532. The number of carbonyl (C=O) groups is 1. The average molecular weight is 99.1 g/mol. The molecular formula is C5H9NO. The van der Waals surface area contributed by atoms with Crippen LogP contribution in [0.1, 0.15) is 6.92 Å². The van der Waals surface area contributed by atoms with Crippen molar-refractivity contribution in [2.24, 2.45) is 0 Å². The highest BCUT2D eigenvalue weighted by molar-refractivity contribution is 5.86. The van der Waals surface area contributed by atoms with Crippen LogP contribution >= 0.6 is 0 Å². The van der Waals surface area contributed by atoms with Crippen molar-refractivity contribution in [2.45, 2.75) is 6.92 Å². The molecular weight excluding hydrogens is 90.1 g/mol. The summed E-state index contributed by atoms with van der Waals surface area (Å²) in [6.07, 6.45) is 3.17. The van der Waals surface area contributed by atoms with Crippen LogP contribution in [0.25, 0.3) is 0 Å². The molecule has 2 heteroatoms. The number of allylic oxidation sites excluding steroid dienone is 1. The quantitative estimate of drug-likeness (QED) is 0.471. The first-order chi connectivity index (χ1) is 3.31. The maximum absolute atomic E-state index is 10.2. The molecule has 0 aliphatic heterocycles. The largest absolute Gasteiger partial charge is 0.356 e. The van der Waals surface area contributed by atoms with Crippen LogP contribution in [0, 0.1) is 0 Å². The zero-order valence-corrected chi connectivity index (χ0v) is 4.56. The molecule has 0 spiro atoms. The predicted octanol–water partition coefficient (Wildman–Crippen LogP) is 0.309. The van der Waals surface area contributed by atoms with Gasteiger partial charge in [0, 0.05) is 7.05 Å². The molecule has 0 aromatic heterocycles. The Balaban J connectivity index is 3.37. The van der Waals surface area contributed by atoms with Crippen LogP contribution in [0.15, 0.2) is 12.2 Å². The summed E-state index contributed by atoms with van der Waals surface area (Å²) in [5, 5.41) is 2.44. The third-order valence-electron chi connectivity index (χ3n) is 0.564. The molecule has 0 saturated carbocycles. The van der Waals surface area contributed by atoms with E-state index in [4.69, 9.17) is 0 Å². The first-order valence-electron chi connectivity index (χ1n) is 2.15. The van der Waals surface area contributed by atoms with Gasteiger partial charge in [-0.2, -0.15) is 0 Å². The molecule has 0 radical (unpaired) electrons. The van der Waals surface area contributed by atoms with Gasteiger partial charge in [-0.05, 0) is 13.0 Å². The second kappa shape index (κ2) is 3.40. The van der Waals surface area contributed by atoms with Crippen LogP contribution in [0.4, 0.5) is 0 Å². The van der Waals surface area contributed by atoms with E-state index in [1.807, 2.05) is 0 Å². The van der Waals surface area contributed by atoms with E-state index >= 15 is 0 Å². The Morgan fingerprint density at radius 2 is 2.29 bits per heavy atom. The highest BCUT2D eigenvalue weighted by Crippen LogP contribution is 1.66. The van der Waals surface area contributed by atoms with Crippen LogP contribution in [0.2, 0.25) is 0 Å². The number of hydrogen-bond donors (Lipinski definition) is 1. The van der Waals surface area contributed by atoms with Crippen LogP contribution < -0.4 is 5.32 Å². The van der Waals surface area contributed by atoms with Gasteiger partial charge in [-0.25, -0.2) is 0 Å². The third-order valence-corrected chi connectivity index (χ3v) is 0.564. The van der Waals surface area contributed by atoms with Gasteiger partial charge in [0.1, 0.15) is 0 Å². The van der Waals surface area contributed by atoms with E-state index in [-0.39, 0.29) is 5.91 Å². The van der Waals surface area contributed by atoms with Crippen molar-refractivity contribution in [3.8, 4) is 0 Å². The van der Waals surface area contributed by atoms with E-state index in [2.05, 4.69) is 5.32 Å². The lowest BCUT2D eigenvalue weighted by Gasteiger charge is -1.84. The van der Waals surface area contributed by atoms with E-state index in [0.29, 0.717) is 0 Å². The van der Waals surface area contributed by atoms with Gasteiger partial charge >= 0.3 is 0 Å². The fourth-order valence-corrected chi connectivity index (χ4v) is 0.235. The fourth-order valence-electron chi connectivity index (χ4n) is 0.235. The number of hydrogen-bond acceptors (Lipinski definition) is 1. The minimum absolute atomic E-state index is 0.0532. The molecule has 0 aromatic rings. The van der Waals surface area contributed by atoms with Crippen LogP contribution in [-0.2, 0) is 4.79 Å². The Labute approximate surface area is 43.2 Å². The predicted molar refractivity (Wildman–Crippen MR) is 28.9 cm³/mol. The van der Waals surface area contributed by atoms with Crippen molar-refractivity contribution in [1.29, 1.82) is 0 Å². The first-order valence-corrected chi connectivity index (χ1v) is 2.15. The lowest BCUT2D eigenvalue weighted by molar-refractivity contribution is -0.116. The van der Waals surface area contributed by atoms with E-state index in [0.717, 1.165) is 0 Å². The number of amides is 1. The van der Waals surface area contributed by atoms with Crippen molar-refractivity contribution < 1.29 is 4.79 Å². The molecule has 0 heterocycles. The normalized spacial score (nSPS) is 9.43. The lowest BCUT2D eigenvalue weighted by atomic mass is 10.5. The third kappa shape index (κ3) is 3.03. The van der Waals surface area contributed by atoms with Crippen LogP contribution in [0.3, 0.4) is 0 Å². The zero-order valence-electron chi connectivity index (χ0n) is 4.56. The van der Waals surface area contributed by atoms with Gasteiger partial charge in [0.15, 0.2) is 0 Å². The highest BCUT2D eigenvalue weighted by atomic mass is 16.1. The van der Waals surface area contributed by atoms with Gasteiger partial charge < -0.3 is 5.32 Å². The summed E-state index contributed by atoms with van der Waals surface area (Å²) < 4.78 is 0. The monoisotopic (exact) mass is 99.1 g/mol. The molecule has 0 aromatic carbocycles. The number of likely N-dealkylation sites (N-methyl/N-ethyl adjacent to an activating group) is 1. The molecule has 1 N–H and O–H groups in total. The molecule has 2 nitrogen and oxygen atoms in total. The van der Waals surface area contributed by atoms with Crippen LogP contribution in [-0.4, -0.2) is 13.0 Å². The Hall–Kier alpha value is -0.790.